The summed E-state index contributed by atoms with van der Waals surface area (Å²) in [5.41, 5.74) is 2.17. The molecule has 0 aliphatic rings. The maximum Gasteiger partial charge on any atom is 0.119 e. The molecule has 1 aromatic heterocycles. The molecule has 0 fully saturated rings. The second-order valence-corrected chi connectivity index (χ2v) is 4.74. The van der Waals surface area contributed by atoms with E-state index in [2.05, 4.69) is 32.3 Å². The summed E-state index contributed by atoms with van der Waals surface area (Å²) in [4.78, 5) is 4.11. The predicted octanol–water partition coefficient (Wildman–Crippen LogP) is 3.85. The summed E-state index contributed by atoms with van der Waals surface area (Å²) in [5, 5.41) is 3.32. The number of hydrogen-bond donors (Lipinski definition) is 1. The van der Waals surface area contributed by atoms with E-state index in [9.17, 15) is 0 Å². The Morgan fingerprint density at radius 2 is 2.17 bits per heavy atom. The molecule has 0 aliphatic heterocycles. The summed E-state index contributed by atoms with van der Waals surface area (Å²) in [7, 11) is 0. The molecule has 0 unspecified atom stereocenters. The van der Waals surface area contributed by atoms with Gasteiger partial charge in [0.25, 0.3) is 0 Å². The first kappa shape index (κ1) is 12.9. The van der Waals surface area contributed by atoms with Crippen LogP contribution in [0.1, 0.15) is 12.5 Å². The van der Waals surface area contributed by atoms with Crippen molar-refractivity contribution in [2.24, 2.45) is 0 Å². The monoisotopic (exact) mass is 306 g/mol. The molecule has 2 rings (SSSR count). The van der Waals surface area contributed by atoms with Crippen molar-refractivity contribution < 1.29 is 4.74 Å². The van der Waals surface area contributed by atoms with Crippen molar-refractivity contribution in [3.05, 3.63) is 52.8 Å². The fourth-order valence-electron chi connectivity index (χ4n) is 1.62. The van der Waals surface area contributed by atoms with E-state index in [0.717, 1.165) is 22.5 Å². The molecule has 0 saturated carbocycles. The third kappa shape index (κ3) is 3.74. The molecule has 1 heterocycles. The maximum atomic E-state index is 5.47. The van der Waals surface area contributed by atoms with E-state index in [1.807, 2.05) is 31.2 Å². The largest absolute Gasteiger partial charge is 0.494 e. The third-order valence-corrected chi connectivity index (χ3v) is 2.84. The van der Waals surface area contributed by atoms with Gasteiger partial charge in [-0.05, 0) is 46.6 Å². The van der Waals surface area contributed by atoms with Crippen molar-refractivity contribution in [1.29, 1.82) is 0 Å². The van der Waals surface area contributed by atoms with Gasteiger partial charge in [-0.15, -0.1) is 0 Å². The molecule has 4 heteroatoms. The van der Waals surface area contributed by atoms with E-state index in [1.54, 1.807) is 12.4 Å². The van der Waals surface area contributed by atoms with Crippen LogP contribution in [0.15, 0.2) is 47.2 Å². The zero-order valence-electron chi connectivity index (χ0n) is 10.2. The van der Waals surface area contributed by atoms with Gasteiger partial charge in [-0.3, -0.25) is 4.98 Å². The van der Waals surface area contributed by atoms with Crippen molar-refractivity contribution in [3.63, 3.8) is 0 Å². The highest BCUT2D eigenvalue weighted by Crippen LogP contribution is 2.17. The van der Waals surface area contributed by atoms with Gasteiger partial charge in [0.05, 0.1) is 18.5 Å². The lowest BCUT2D eigenvalue weighted by molar-refractivity contribution is 0.340. The Labute approximate surface area is 115 Å². The van der Waals surface area contributed by atoms with Gasteiger partial charge < -0.3 is 10.1 Å². The van der Waals surface area contributed by atoms with E-state index >= 15 is 0 Å². The molecule has 0 atom stereocenters. The first-order valence-electron chi connectivity index (χ1n) is 5.84. The minimum atomic E-state index is 0.687. The number of rotatable bonds is 5. The highest BCUT2D eigenvalue weighted by Gasteiger charge is 1.98. The van der Waals surface area contributed by atoms with Gasteiger partial charge in [-0.2, -0.15) is 0 Å². The van der Waals surface area contributed by atoms with E-state index in [4.69, 9.17) is 4.74 Å². The van der Waals surface area contributed by atoms with Gasteiger partial charge in [0.2, 0.25) is 0 Å². The Hall–Kier alpha value is -1.55. The number of ether oxygens (including phenoxy) is 1. The Kier molecular flexibility index (Phi) is 4.59. The topological polar surface area (TPSA) is 34.1 Å². The molecule has 1 N–H and O–H groups in total. The molecule has 0 saturated heterocycles. The van der Waals surface area contributed by atoms with Crippen LogP contribution in [-0.2, 0) is 6.54 Å². The second-order valence-electron chi connectivity index (χ2n) is 3.83. The summed E-state index contributed by atoms with van der Waals surface area (Å²) >= 11 is 3.40. The first-order valence-corrected chi connectivity index (χ1v) is 6.63. The van der Waals surface area contributed by atoms with Crippen LogP contribution in [0.5, 0.6) is 5.75 Å². The predicted molar refractivity (Wildman–Crippen MR) is 76.9 cm³/mol. The summed E-state index contributed by atoms with van der Waals surface area (Å²) in [6.45, 7) is 3.42. The van der Waals surface area contributed by atoms with Gasteiger partial charge >= 0.3 is 0 Å². The number of nitrogens with one attached hydrogen (secondary N) is 1. The van der Waals surface area contributed by atoms with Crippen LogP contribution in [-0.4, -0.2) is 11.6 Å². The Morgan fingerprint density at radius 1 is 1.28 bits per heavy atom. The number of halogens is 1. The lowest BCUT2D eigenvalue weighted by Gasteiger charge is -2.08. The third-order valence-electron chi connectivity index (χ3n) is 2.41. The normalized spacial score (nSPS) is 10.1. The lowest BCUT2D eigenvalue weighted by Crippen LogP contribution is -2.00. The van der Waals surface area contributed by atoms with Crippen LogP contribution >= 0.6 is 15.9 Å². The molecule has 0 aliphatic carbocycles. The van der Waals surface area contributed by atoms with Gasteiger partial charge in [0, 0.05) is 17.2 Å². The van der Waals surface area contributed by atoms with Gasteiger partial charge in [-0.1, -0.05) is 12.1 Å². The maximum absolute atomic E-state index is 5.47. The average molecular weight is 307 g/mol. The van der Waals surface area contributed by atoms with Gasteiger partial charge in [0.15, 0.2) is 0 Å². The van der Waals surface area contributed by atoms with E-state index < -0.39 is 0 Å². The Balaban J connectivity index is 1.99. The SMILES string of the molecule is CCOc1cccc(CNc2cncc(Br)c2)c1. The quantitative estimate of drug-likeness (QED) is 0.911. The smallest absolute Gasteiger partial charge is 0.119 e. The Morgan fingerprint density at radius 3 is 2.94 bits per heavy atom. The zero-order chi connectivity index (χ0) is 12.8. The molecule has 2 aromatic rings. The van der Waals surface area contributed by atoms with Crippen molar-refractivity contribution in [3.8, 4) is 5.75 Å². The first-order chi connectivity index (χ1) is 8.78. The summed E-state index contributed by atoms with van der Waals surface area (Å²) in [6, 6.07) is 10.1. The van der Waals surface area contributed by atoms with Gasteiger partial charge in [0.1, 0.15) is 5.75 Å². The fraction of sp³-hybridized carbons (Fsp3) is 0.214. The number of anilines is 1. The molecule has 3 nitrogen and oxygen atoms in total. The van der Waals surface area contributed by atoms with Gasteiger partial charge in [-0.25, -0.2) is 0 Å². The number of hydrogen-bond acceptors (Lipinski definition) is 3. The Bertz CT molecular complexity index is 517. The molecule has 0 bridgehead atoms. The fourth-order valence-corrected chi connectivity index (χ4v) is 1.99. The minimum Gasteiger partial charge on any atom is -0.494 e. The van der Waals surface area contributed by atoms with E-state index in [1.165, 1.54) is 5.56 Å². The van der Waals surface area contributed by atoms with Crippen LogP contribution in [0.25, 0.3) is 0 Å². The molecule has 0 spiro atoms. The van der Waals surface area contributed by atoms with Crippen LogP contribution in [0, 0.1) is 0 Å². The molecule has 1 aromatic carbocycles. The van der Waals surface area contributed by atoms with Crippen molar-refractivity contribution >= 4 is 21.6 Å². The van der Waals surface area contributed by atoms with Crippen LogP contribution in [0.4, 0.5) is 5.69 Å². The molecule has 94 valence electrons. The van der Waals surface area contributed by atoms with Crippen molar-refractivity contribution in [2.45, 2.75) is 13.5 Å². The van der Waals surface area contributed by atoms with Crippen molar-refractivity contribution in [2.75, 3.05) is 11.9 Å². The molecular weight excluding hydrogens is 292 g/mol. The van der Waals surface area contributed by atoms with Crippen molar-refractivity contribution in [1.82, 2.24) is 4.98 Å². The molecule has 0 amide bonds. The van der Waals surface area contributed by atoms with E-state index in [-0.39, 0.29) is 0 Å². The summed E-state index contributed by atoms with van der Waals surface area (Å²) in [5.74, 6) is 0.907. The summed E-state index contributed by atoms with van der Waals surface area (Å²) in [6.07, 6.45) is 3.57. The van der Waals surface area contributed by atoms with Crippen LogP contribution in [0.2, 0.25) is 0 Å². The molecule has 18 heavy (non-hydrogen) atoms. The number of nitrogens with zero attached hydrogens (tertiary/aromatic N) is 1. The minimum absolute atomic E-state index is 0.687. The summed E-state index contributed by atoms with van der Waals surface area (Å²) < 4.78 is 6.44. The standard InChI is InChI=1S/C14H15BrN2O/c1-2-18-14-5-3-4-11(6-14)8-17-13-7-12(15)9-16-10-13/h3-7,9-10,17H,2,8H2,1H3. The highest BCUT2D eigenvalue weighted by atomic mass is 79.9. The van der Waals surface area contributed by atoms with E-state index in [0.29, 0.717) is 6.61 Å². The molecular formula is C14H15BrN2O. The highest BCUT2D eigenvalue weighted by molar-refractivity contribution is 9.10. The van der Waals surface area contributed by atoms with Crippen LogP contribution in [0.3, 0.4) is 0 Å². The lowest BCUT2D eigenvalue weighted by atomic mass is 10.2. The zero-order valence-corrected chi connectivity index (χ0v) is 11.8. The number of aromatic nitrogens is 1. The number of pyridine rings is 1. The average Bonchev–Trinajstić information content (AvgIpc) is 2.37. The molecule has 0 radical (unpaired) electrons. The number of benzene rings is 1. The second kappa shape index (κ2) is 6.40. The van der Waals surface area contributed by atoms with Crippen LogP contribution < -0.4 is 10.1 Å².